The summed E-state index contributed by atoms with van der Waals surface area (Å²) in [6, 6.07) is 11.8. The fraction of sp³-hybridized carbons (Fsp3) is 0.273. The SMILES string of the molecule is CNC(=O)c1ccc(/C=C/C(=O)N(Cc2ccc(C(F)(F)F)cc2)C2CC2)cc1. The Morgan fingerprint density at radius 2 is 1.69 bits per heavy atom. The van der Waals surface area contributed by atoms with Crippen molar-refractivity contribution < 1.29 is 22.8 Å². The highest BCUT2D eigenvalue weighted by Gasteiger charge is 2.32. The Balaban J connectivity index is 1.67. The van der Waals surface area contributed by atoms with Gasteiger partial charge in [-0.2, -0.15) is 13.2 Å². The van der Waals surface area contributed by atoms with E-state index in [-0.39, 0.29) is 24.4 Å². The number of benzene rings is 2. The summed E-state index contributed by atoms with van der Waals surface area (Å²) >= 11 is 0. The molecule has 3 rings (SSSR count). The van der Waals surface area contributed by atoms with Crippen LogP contribution in [0.2, 0.25) is 0 Å². The molecule has 1 saturated carbocycles. The fourth-order valence-electron chi connectivity index (χ4n) is 2.92. The van der Waals surface area contributed by atoms with Crippen molar-refractivity contribution in [2.24, 2.45) is 0 Å². The molecule has 29 heavy (non-hydrogen) atoms. The normalized spacial score (nSPS) is 14.1. The van der Waals surface area contributed by atoms with Gasteiger partial charge in [0.2, 0.25) is 5.91 Å². The van der Waals surface area contributed by atoms with E-state index in [9.17, 15) is 22.8 Å². The summed E-state index contributed by atoms with van der Waals surface area (Å²) in [4.78, 5) is 25.9. The minimum Gasteiger partial charge on any atom is -0.355 e. The molecule has 4 nitrogen and oxygen atoms in total. The number of nitrogens with one attached hydrogen (secondary N) is 1. The molecule has 0 unspecified atom stereocenters. The number of alkyl halides is 3. The maximum Gasteiger partial charge on any atom is 0.416 e. The van der Waals surface area contributed by atoms with Gasteiger partial charge in [0.1, 0.15) is 0 Å². The van der Waals surface area contributed by atoms with E-state index in [1.807, 2.05) is 0 Å². The van der Waals surface area contributed by atoms with Gasteiger partial charge in [-0.1, -0.05) is 24.3 Å². The molecule has 1 fully saturated rings. The maximum absolute atomic E-state index is 12.7. The van der Waals surface area contributed by atoms with Crippen LogP contribution in [-0.2, 0) is 17.5 Å². The second-order valence-corrected chi connectivity index (χ2v) is 6.93. The molecule has 152 valence electrons. The predicted molar refractivity (Wildman–Crippen MR) is 104 cm³/mol. The first-order valence-electron chi connectivity index (χ1n) is 9.25. The predicted octanol–water partition coefficient (Wildman–Crippen LogP) is 4.27. The summed E-state index contributed by atoms with van der Waals surface area (Å²) in [6.45, 7) is 0.265. The fourth-order valence-corrected chi connectivity index (χ4v) is 2.92. The van der Waals surface area contributed by atoms with Gasteiger partial charge in [-0.15, -0.1) is 0 Å². The number of halogens is 3. The zero-order valence-corrected chi connectivity index (χ0v) is 15.9. The number of amides is 2. The van der Waals surface area contributed by atoms with E-state index in [0.717, 1.165) is 30.5 Å². The second-order valence-electron chi connectivity index (χ2n) is 6.93. The Bertz CT molecular complexity index is 899. The van der Waals surface area contributed by atoms with Crippen molar-refractivity contribution in [1.29, 1.82) is 0 Å². The van der Waals surface area contributed by atoms with Crippen molar-refractivity contribution in [3.63, 3.8) is 0 Å². The standard InChI is InChI=1S/C22H21F3N2O2/c1-26-21(29)17-7-2-15(3-8-17)6-13-20(28)27(19-11-12-19)14-16-4-9-18(10-5-16)22(23,24)25/h2-10,13,19H,11-12,14H2,1H3,(H,26,29)/b13-6+. The monoisotopic (exact) mass is 402 g/mol. The van der Waals surface area contributed by atoms with Gasteiger partial charge in [0.05, 0.1) is 5.56 Å². The lowest BCUT2D eigenvalue weighted by atomic mass is 10.1. The van der Waals surface area contributed by atoms with E-state index in [0.29, 0.717) is 11.1 Å². The summed E-state index contributed by atoms with van der Waals surface area (Å²) in [7, 11) is 1.55. The minimum absolute atomic E-state index is 0.116. The molecular weight excluding hydrogens is 381 g/mol. The largest absolute Gasteiger partial charge is 0.416 e. The number of hydrogen-bond donors (Lipinski definition) is 1. The van der Waals surface area contributed by atoms with Gasteiger partial charge >= 0.3 is 6.18 Å². The zero-order chi connectivity index (χ0) is 21.0. The van der Waals surface area contributed by atoms with E-state index in [2.05, 4.69) is 5.32 Å². The quantitative estimate of drug-likeness (QED) is 0.734. The van der Waals surface area contributed by atoms with Crippen LogP contribution in [0.3, 0.4) is 0 Å². The van der Waals surface area contributed by atoms with Crippen molar-refractivity contribution in [3.8, 4) is 0 Å². The number of rotatable bonds is 6. The van der Waals surface area contributed by atoms with Crippen LogP contribution in [0.4, 0.5) is 13.2 Å². The van der Waals surface area contributed by atoms with Gasteiger partial charge in [0, 0.05) is 31.3 Å². The van der Waals surface area contributed by atoms with E-state index >= 15 is 0 Å². The topological polar surface area (TPSA) is 49.4 Å². The van der Waals surface area contributed by atoms with Crippen LogP contribution in [0.25, 0.3) is 6.08 Å². The summed E-state index contributed by atoms with van der Waals surface area (Å²) in [5.74, 6) is -0.379. The highest BCUT2D eigenvalue weighted by Crippen LogP contribution is 2.31. The lowest BCUT2D eigenvalue weighted by Gasteiger charge is -2.21. The first-order chi connectivity index (χ1) is 13.8. The first kappa shape index (κ1) is 20.6. The molecule has 0 aliphatic heterocycles. The third kappa shape index (κ3) is 5.47. The molecule has 7 heteroatoms. The average molecular weight is 402 g/mol. The molecule has 0 radical (unpaired) electrons. The number of carbonyl (C=O) groups is 2. The van der Waals surface area contributed by atoms with Crippen LogP contribution < -0.4 is 5.32 Å². The van der Waals surface area contributed by atoms with Gasteiger partial charge in [-0.3, -0.25) is 9.59 Å². The van der Waals surface area contributed by atoms with E-state index in [1.54, 1.807) is 42.3 Å². The van der Waals surface area contributed by atoms with Gasteiger partial charge in [0.25, 0.3) is 5.91 Å². The maximum atomic E-state index is 12.7. The van der Waals surface area contributed by atoms with Crippen molar-refractivity contribution in [2.45, 2.75) is 31.6 Å². The highest BCUT2D eigenvalue weighted by molar-refractivity contribution is 5.95. The molecule has 1 aliphatic carbocycles. The number of nitrogens with zero attached hydrogens (tertiary/aromatic N) is 1. The minimum atomic E-state index is -4.37. The lowest BCUT2D eigenvalue weighted by Crippen LogP contribution is -2.31. The molecular formula is C22H21F3N2O2. The number of carbonyl (C=O) groups excluding carboxylic acids is 2. The van der Waals surface area contributed by atoms with Crippen molar-refractivity contribution in [3.05, 3.63) is 76.9 Å². The van der Waals surface area contributed by atoms with Gasteiger partial charge in [-0.05, 0) is 54.3 Å². The number of hydrogen-bond acceptors (Lipinski definition) is 2. The lowest BCUT2D eigenvalue weighted by molar-refractivity contribution is -0.137. The molecule has 0 aromatic heterocycles. The summed E-state index contributed by atoms with van der Waals surface area (Å²) in [5, 5.41) is 2.54. The Hall–Kier alpha value is -3.09. The molecule has 0 bridgehead atoms. The van der Waals surface area contributed by atoms with Crippen LogP contribution in [0.15, 0.2) is 54.6 Å². The molecule has 0 atom stereocenters. The highest BCUT2D eigenvalue weighted by atomic mass is 19.4. The Kier molecular flexibility index (Phi) is 6.06. The van der Waals surface area contributed by atoms with E-state index in [1.165, 1.54) is 18.2 Å². The van der Waals surface area contributed by atoms with Crippen molar-refractivity contribution in [1.82, 2.24) is 10.2 Å². The van der Waals surface area contributed by atoms with Crippen LogP contribution in [-0.4, -0.2) is 29.8 Å². The van der Waals surface area contributed by atoms with E-state index < -0.39 is 11.7 Å². The van der Waals surface area contributed by atoms with Gasteiger partial charge < -0.3 is 10.2 Å². The van der Waals surface area contributed by atoms with Crippen molar-refractivity contribution in [2.75, 3.05) is 7.05 Å². The Morgan fingerprint density at radius 1 is 1.07 bits per heavy atom. The van der Waals surface area contributed by atoms with Crippen LogP contribution in [0, 0.1) is 0 Å². The third-order valence-electron chi connectivity index (χ3n) is 4.72. The molecule has 0 saturated heterocycles. The summed E-state index contributed by atoms with van der Waals surface area (Å²) in [6.07, 6.45) is 0.526. The average Bonchev–Trinajstić information content (AvgIpc) is 3.55. The molecule has 0 spiro atoms. The molecule has 2 amide bonds. The molecule has 0 heterocycles. The summed E-state index contributed by atoms with van der Waals surface area (Å²) < 4.78 is 38.1. The Labute approximate surface area is 167 Å². The van der Waals surface area contributed by atoms with Gasteiger partial charge in [-0.25, -0.2) is 0 Å². The van der Waals surface area contributed by atoms with Crippen LogP contribution >= 0.6 is 0 Å². The first-order valence-corrected chi connectivity index (χ1v) is 9.25. The Morgan fingerprint density at radius 3 is 2.21 bits per heavy atom. The second kappa shape index (κ2) is 8.51. The van der Waals surface area contributed by atoms with E-state index in [4.69, 9.17) is 0 Å². The van der Waals surface area contributed by atoms with Crippen molar-refractivity contribution >= 4 is 17.9 Å². The smallest absolute Gasteiger partial charge is 0.355 e. The molecule has 1 aliphatic rings. The van der Waals surface area contributed by atoms with Crippen LogP contribution in [0.1, 0.15) is 39.9 Å². The molecule has 2 aromatic rings. The molecule has 1 N–H and O–H groups in total. The van der Waals surface area contributed by atoms with Gasteiger partial charge in [0.15, 0.2) is 0 Å². The molecule has 2 aromatic carbocycles. The third-order valence-corrected chi connectivity index (χ3v) is 4.72. The van der Waals surface area contributed by atoms with Crippen LogP contribution in [0.5, 0.6) is 0 Å². The summed E-state index contributed by atoms with van der Waals surface area (Å²) in [5.41, 5.74) is 1.25. The zero-order valence-electron chi connectivity index (χ0n) is 15.9.